The molecule has 0 aromatic heterocycles. The van der Waals surface area contributed by atoms with Crippen LogP contribution in [-0.2, 0) is 0 Å². The van der Waals surface area contributed by atoms with Gasteiger partial charge in [-0.05, 0) is 64.9 Å². The zero-order chi connectivity index (χ0) is 30.7. The van der Waals surface area contributed by atoms with E-state index in [1.54, 1.807) is 0 Å². The van der Waals surface area contributed by atoms with Crippen molar-refractivity contribution in [3.63, 3.8) is 0 Å². The molecule has 0 aliphatic heterocycles. The van der Waals surface area contributed by atoms with E-state index in [1.807, 2.05) is 0 Å². The first-order valence-corrected chi connectivity index (χ1v) is 15.7. The average Bonchev–Trinajstić information content (AvgIpc) is 3.13. The summed E-state index contributed by atoms with van der Waals surface area (Å²) in [6.07, 6.45) is 0. The van der Waals surface area contributed by atoms with E-state index < -0.39 is 0 Å². The molecule has 0 aliphatic rings. The van der Waals surface area contributed by atoms with E-state index in [4.69, 9.17) is 0 Å². The van der Waals surface area contributed by atoms with E-state index >= 15 is 0 Å². The molecular formula is C44H32N2. The zero-order valence-electron chi connectivity index (χ0n) is 25.4. The Hall–Kier alpha value is -6.12. The van der Waals surface area contributed by atoms with E-state index in [0.29, 0.717) is 0 Å². The molecule has 0 atom stereocenters. The van der Waals surface area contributed by atoms with Crippen molar-refractivity contribution in [2.75, 3.05) is 9.80 Å². The van der Waals surface area contributed by atoms with Crippen molar-refractivity contribution in [3.8, 4) is 11.1 Å². The Morgan fingerprint density at radius 1 is 0.283 bits per heavy atom. The van der Waals surface area contributed by atoms with Gasteiger partial charge in [0.05, 0.1) is 17.1 Å². The van der Waals surface area contributed by atoms with Crippen LogP contribution >= 0.6 is 0 Å². The molecule has 8 aromatic carbocycles. The molecule has 0 saturated heterocycles. The predicted molar refractivity (Wildman–Crippen MR) is 196 cm³/mol. The molecule has 0 saturated carbocycles. The third kappa shape index (κ3) is 5.06. The second-order valence-electron chi connectivity index (χ2n) is 11.4. The van der Waals surface area contributed by atoms with Crippen molar-refractivity contribution in [2.24, 2.45) is 0 Å². The standard InChI is InChI=1S/C44H32N2/c1-4-16-33(17-5-1)41-31-30-38(45(36-22-6-2-7-23-36)42-28-14-20-34-18-10-12-26-39(34)42)32-44(41)46(37-24-8-3-9-25-37)43-29-15-21-35-19-11-13-27-40(35)43/h1-32H. The van der Waals surface area contributed by atoms with Crippen LogP contribution < -0.4 is 9.80 Å². The van der Waals surface area contributed by atoms with E-state index in [2.05, 4.69) is 204 Å². The summed E-state index contributed by atoms with van der Waals surface area (Å²) in [5, 5.41) is 4.83. The summed E-state index contributed by atoms with van der Waals surface area (Å²) < 4.78 is 0. The number of hydrogen-bond acceptors (Lipinski definition) is 2. The van der Waals surface area contributed by atoms with Crippen LogP contribution in [0.4, 0.5) is 34.1 Å². The van der Waals surface area contributed by atoms with Crippen molar-refractivity contribution >= 4 is 55.7 Å². The van der Waals surface area contributed by atoms with Crippen molar-refractivity contribution in [1.29, 1.82) is 0 Å². The zero-order valence-corrected chi connectivity index (χ0v) is 25.4. The number of para-hydroxylation sites is 2. The van der Waals surface area contributed by atoms with Gasteiger partial charge < -0.3 is 9.80 Å². The van der Waals surface area contributed by atoms with Gasteiger partial charge in [-0.25, -0.2) is 0 Å². The monoisotopic (exact) mass is 588 g/mol. The lowest BCUT2D eigenvalue weighted by atomic mass is 9.99. The highest BCUT2D eigenvalue weighted by Crippen LogP contribution is 2.47. The summed E-state index contributed by atoms with van der Waals surface area (Å²) in [5.41, 5.74) is 8.99. The number of benzene rings is 8. The molecule has 0 radical (unpaired) electrons. The Kier molecular flexibility index (Phi) is 7.22. The molecule has 0 heterocycles. The van der Waals surface area contributed by atoms with Crippen molar-refractivity contribution < 1.29 is 0 Å². The van der Waals surface area contributed by atoms with Crippen LogP contribution in [0.1, 0.15) is 0 Å². The minimum absolute atomic E-state index is 1.08. The number of anilines is 6. The number of rotatable bonds is 7. The minimum atomic E-state index is 1.08. The quantitative estimate of drug-likeness (QED) is 0.183. The summed E-state index contributed by atoms with van der Waals surface area (Å²) in [4.78, 5) is 4.80. The summed E-state index contributed by atoms with van der Waals surface area (Å²) in [6, 6.07) is 69.4. The van der Waals surface area contributed by atoms with Crippen molar-refractivity contribution in [2.45, 2.75) is 0 Å². The van der Waals surface area contributed by atoms with Crippen molar-refractivity contribution in [1.82, 2.24) is 0 Å². The smallest absolute Gasteiger partial charge is 0.0561 e. The molecule has 218 valence electrons. The maximum atomic E-state index is 2.42. The molecular weight excluding hydrogens is 556 g/mol. The van der Waals surface area contributed by atoms with E-state index in [0.717, 1.165) is 39.7 Å². The molecule has 2 heteroatoms. The lowest BCUT2D eigenvalue weighted by Gasteiger charge is -2.32. The third-order valence-electron chi connectivity index (χ3n) is 8.61. The summed E-state index contributed by atoms with van der Waals surface area (Å²) in [6.45, 7) is 0. The molecule has 0 spiro atoms. The molecule has 46 heavy (non-hydrogen) atoms. The van der Waals surface area contributed by atoms with Crippen LogP contribution in [-0.4, -0.2) is 0 Å². The maximum Gasteiger partial charge on any atom is 0.0561 e. The van der Waals surface area contributed by atoms with E-state index in [1.165, 1.54) is 27.1 Å². The van der Waals surface area contributed by atoms with E-state index in [9.17, 15) is 0 Å². The molecule has 8 rings (SSSR count). The Morgan fingerprint density at radius 3 is 1.33 bits per heavy atom. The second kappa shape index (κ2) is 12.1. The number of hydrogen-bond donors (Lipinski definition) is 0. The fourth-order valence-corrected chi connectivity index (χ4v) is 6.50. The predicted octanol–water partition coefficient (Wildman–Crippen LogP) is 12.6. The van der Waals surface area contributed by atoms with Gasteiger partial charge in [-0.1, -0.05) is 146 Å². The van der Waals surface area contributed by atoms with Gasteiger partial charge in [0.2, 0.25) is 0 Å². The first-order valence-electron chi connectivity index (χ1n) is 15.7. The highest BCUT2D eigenvalue weighted by molar-refractivity contribution is 6.03. The van der Waals surface area contributed by atoms with Crippen LogP contribution in [0.25, 0.3) is 32.7 Å². The van der Waals surface area contributed by atoms with Gasteiger partial charge in [0.25, 0.3) is 0 Å². The molecule has 0 fully saturated rings. The lowest BCUT2D eigenvalue weighted by molar-refractivity contribution is 1.26. The first kappa shape index (κ1) is 27.4. The van der Waals surface area contributed by atoms with Gasteiger partial charge in [0.15, 0.2) is 0 Å². The summed E-state index contributed by atoms with van der Waals surface area (Å²) in [7, 11) is 0. The fraction of sp³-hybridized carbons (Fsp3) is 0. The van der Waals surface area contributed by atoms with Crippen LogP contribution in [0.2, 0.25) is 0 Å². The Bertz CT molecular complexity index is 2250. The van der Waals surface area contributed by atoms with Gasteiger partial charge in [-0.15, -0.1) is 0 Å². The summed E-state index contributed by atoms with van der Waals surface area (Å²) >= 11 is 0. The number of nitrogens with zero attached hydrogens (tertiary/aromatic N) is 2. The molecule has 2 nitrogen and oxygen atoms in total. The van der Waals surface area contributed by atoms with Crippen LogP contribution in [0.5, 0.6) is 0 Å². The van der Waals surface area contributed by atoms with Gasteiger partial charge >= 0.3 is 0 Å². The number of fused-ring (bicyclic) bond motifs is 2. The molecule has 8 aromatic rings. The topological polar surface area (TPSA) is 6.48 Å². The molecule has 0 amide bonds. The Labute approximate surface area is 270 Å². The second-order valence-corrected chi connectivity index (χ2v) is 11.4. The van der Waals surface area contributed by atoms with Gasteiger partial charge in [0, 0.05) is 33.4 Å². The first-order chi connectivity index (χ1) is 22.8. The molecule has 0 aliphatic carbocycles. The average molecular weight is 589 g/mol. The Balaban J connectivity index is 1.44. The van der Waals surface area contributed by atoms with Gasteiger partial charge in [-0.2, -0.15) is 0 Å². The van der Waals surface area contributed by atoms with Gasteiger partial charge in [-0.3, -0.25) is 0 Å². The summed E-state index contributed by atoms with van der Waals surface area (Å²) in [5.74, 6) is 0. The lowest BCUT2D eigenvalue weighted by Crippen LogP contribution is -2.14. The minimum Gasteiger partial charge on any atom is -0.310 e. The van der Waals surface area contributed by atoms with Gasteiger partial charge in [0.1, 0.15) is 0 Å². The fourth-order valence-electron chi connectivity index (χ4n) is 6.50. The van der Waals surface area contributed by atoms with E-state index in [-0.39, 0.29) is 0 Å². The van der Waals surface area contributed by atoms with Crippen LogP contribution in [0.15, 0.2) is 194 Å². The Morgan fingerprint density at radius 2 is 0.739 bits per heavy atom. The third-order valence-corrected chi connectivity index (χ3v) is 8.61. The normalized spacial score (nSPS) is 11.0. The highest BCUT2D eigenvalue weighted by atomic mass is 15.2. The highest BCUT2D eigenvalue weighted by Gasteiger charge is 2.22. The molecule has 0 N–H and O–H groups in total. The van der Waals surface area contributed by atoms with Crippen LogP contribution in [0.3, 0.4) is 0 Å². The molecule has 0 bridgehead atoms. The SMILES string of the molecule is c1ccc(-c2ccc(N(c3ccccc3)c3cccc4ccccc34)cc2N(c2ccccc2)c2cccc3ccccc23)cc1. The maximum absolute atomic E-state index is 2.42. The largest absolute Gasteiger partial charge is 0.310 e. The van der Waals surface area contributed by atoms with Crippen molar-refractivity contribution in [3.05, 3.63) is 194 Å². The molecule has 0 unspecified atom stereocenters. The van der Waals surface area contributed by atoms with Crippen LogP contribution in [0, 0.1) is 0 Å².